The van der Waals surface area contributed by atoms with Crippen molar-refractivity contribution in [3.8, 4) is 5.75 Å². The molecule has 0 bridgehead atoms. The van der Waals surface area contributed by atoms with Crippen molar-refractivity contribution in [1.29, 1.82) is 0 Å². The van der Waals surface area contributed by atoms with E-state index in [9.17, 15) is 0 Å². The summed E-state index contributed by atoms with van der Waals surface area (Å²) in [5.74, 6) is 1.51. The maximum atomic E-state index is 6.56. The Morgan fingerprint density at radius 2 is 2.00 bits per heavy atom. The number of anilines is 1. The second-order valence-corrected chi connectivity index (χ2v) is 8.87. The number of nitrogens with one attached hydrogen (secondary N) is 1. The molecule has 0 saturated heterocycles. The van der Waals surface area contributed by atoms with Crippen molar-refractivity contribution >= 4 is 34.6 Å². The average molecular weight is 433 g/mol. The van der Waals surface area contributed by atoms with Gasteiger partial charge in [-0.15, -0.1) is 11.3 Å². The first-order valence-electron chi connectivity index (χ1n) is 9.66. The minimum atomic E-state index is -0.232. The minimum absolute atomic E-state index is 0.140. The van der Waals surface area contributed by atoms with Gasteiger partial charge in [0.25, 0.3) is 0 Å². The second kappa shape index (κ2) is 6.72. The Hall–Kier alpha value is -3.09. The van der Waals surface area contributed by atoms with E-state index in [1.807, 2.05) is 22.9 Å². The fraction of sp³-hybridized carbons (Fsp3) is 0.130. The Balaban J connectivity index is 1.64. The summed E-state index contributed by atoms with van der Waals surface area (Å²) in [5.41, 5.74) is 5.39. The van der Waals surface area contributed by atoms with Crippen molar-refractivity contribution in [2.75, 3.05) is 5.32 Å². The van der Waals surface area contributed by atoms with Crippen LogP contribution >= 0.6 is 22.9 Å². The molecule has 1 N–H and O–H groups in total. The van der Waals surface area contributed by atoms with Gasteiger partial charge in [0, 0.05) is 21.0 Å². The van der Waals surface area contributed by atoms with Crippen LogP contribution in [-0.4, -0.2) is 14.8 Å². The number of halogens is 1. The molecule has 0 aliphatic carbocycles. The lowest BCUT2D eigenvalue weighted by Gasteiger charge is -2.38. The van der Waals surface area contributed by atoms with Crippen LogP contribution in [0.5, 0.6) is 5.75 Å². The molecule has 0 unspecified atom stereocenters. The number of fused-ring (bicyclic) bond motifs is 3. The number of hydrogen-bond donors (Lipinski definition) is 1. The topological polar surface area (TPSA) is 52.0 Å². The summed E-state index contributed by atoms with van der Waals surface area (Å²) < 4.78 is 8.49. The molecular weight excluding hydrogens is 416 g/mol. The smallest absolute Gasteiger partial charge is 0.226 e. The SMILES string of the molecule is Cc1ccc([C@@H]2C3=C(Nc4ncnn42)c2cc(Cl)ccc2O[C@@H]3c2cccs2)cc1. The van der Waals surface area contributed by atoms with Gasteiger partial charge in [-0.25, -0.2) is 4.68 Å². The van der Waals surface area contributed by atoms with Crippen LogP contribution in [0.4, 0.5) is 5.95 Å². The normalized spacial score (nSPS) is 19.4. The third-order valence-corrected chi connectivity index (χ3v) is 6.72. The third kappa shape index (κ3) is 2.68. The first-order valence-corrected chi connectivity index (χ1v) is 10.9. The quantitative estimate of drug-likeness (QED) is 0.431. The Labute approximate surface area is 182 Å². The molecule has 6 rings (SSSR count). The van der Waals surface area contributed by atoms with Crippen LogP contribution in [0.3, 0.4) is 0 Å². The molecule has 0 amide bonds. The van der Waals surface area contributed by atoms with Gasteiger partial charge in [-0.1, -0.05) is 47.5 Å². The molecule has 2 aromatic carbocycles. The van der Waals surface area contributed by atoms with Crippen LogP contribution in [-0.2, 0) is 0 Å². The van der Waals surface area contributed by atoms with Crippen LogP contribution < -0.4 is 10.1 Å². The van der Waals surface area contributed by atoms with Gasteiger partial charge in [0.2, 0.25) is 5.95 Å². The molecule has 4 aromatic rings. The summed E-state index contributed by atoms with van der Waals surface area (Å²) in [6, 6.07) is 18.3. The first kappa shape index (κ1) is 17.7. The van der Waals surface area contributed by atoms with E-state index in [2.05, 4.69) is 64.1 Å². The Kier molecular flexibility index (Phi) is 3.97. The summed E-state index contributed by atoms with van der Waals surface area (Å²) in [5, 5.41) is 10.8. The molecule has 0 fully saturated rings. The largest absolute Gasteiger partial charge is 0.480 e. The Morgan fingerprint density at radius 1 is 1.13 bits per heavy atom. The number of ether oxygens (including phenoxy) is 1. The van der Waals surface area contributed by atoms with Crippen LogP contribution in [0.15, 0.2) is 71.9 Å². The van der Waals surface area contributed by atoms with E-state index in [1.54, 1.807) is 17.7 Å². The van der Waals surface area contributed by atoms with Gasteiger partial charge in [-0.05, 0) is 42.1 Å². The summed E-state index contributed by atoms with van der Waals surface area (Å²) in [6.07, 6.45) is 1.35. The second-order valence-electron chi connectivity index (χ2n) is 7.45. The van der Waals surface area contributed by atoms with Crippen LogP contribution in [0.1, 0.15) is 33.7 Å². The van der Waals surface area contributed by atoms with Gasteiger partial charge in [0.1, 0.15) is 18.1 Å². The number of aromatic nitrogens is 3. The zero-order valence-electron chi connectivity index (χ0n) is 16.0. The molecule has 0 saturated carbocycles. The number of benzene rings is 2. The molecule has 7 heteroatoms. The summed E-state index contributed by atoms with van der Waals surface area (Å²) >= 11 is 8.04. The van der Waals surface area contributed by atoms with Crippen molar-refractivity contribution in [3.63, 3.8) is 0 Å². The minimum Gasteiger partial charge on any atom is -0.480 e. The van der Waals surface area contributed by atoms with Gasteiger partial charge >= 0.3 is 0 Å². The van der Waals surface area contributed by atoms with E-state index in [0.717, 1.165) is 33.0 Å². The zero-order valence-corrected chi connectivity index (χ0v) is 17.6. The first-order chi connectivity index (χ1) is 14.7. The standard InChI is InChI=1S/C23H17ClN4OS/c1-13-4-6-14(7-5-13)21-19-20(27-23-25-12-26-28(21)23)16-11-15(24)8-9-17(16)29-22(19)18-3-2-10-30-18/h2-12,21-22H,1H3,(H,25,26,27)/t21-,22-/m1/s1. The van der Waals surface area contributed by atoms with Gasteiger partial charge in [0.15, 0.2) is 6.10 Å². The van der Waals surface area contributed by atoms with E-state index in [1.165, 1.54) is 5.56 Å². The molecular formula is C23H17ClN4OS. The molecule has 4 heterocycles. The number of aryl methyl sites for hydroxylation is 1. The van der Waals surface area contributed by atoms with Crippen molar-refractivity contribution in [2.45, 2.75) is 19.1 Å². The summed E-state index contributed by atoms with van der Waals surface area (Å²) in [4.78, 5) is 5.60. The fourth-order valence-electron chi connectivity index (χ4n) is 4.19. The van der Waals surface area contributed by atoms with E-state index in [-0.39, 0.29) is 12.1 Å². The van der Waals surface area contributed by atoms with E-state index in [4.69, 9.17) is 16.3 Å². The molecule has 2 aliphatic rings. The van der Waals surface area contributed by atoms with Crippen molar-refractivity contribution in [2.24, 2.45) is 0 Å². The number of nitrogens with zero attached hydrogens (tertiary/aromatic N) is 3. The van der Waals surface area contributed by atoms with Crippen LogP contribution in [0.2, 0.25) is 5.02 Å². The van der Waals surface area contributed by atoms with E-state index >= 15 is 0 Å². The van der Waals surface area contributed by atoms with Crippen LogP contribution in [0, 0.1) is 6.92 Å². The Bertz CT molecular complexity index is 1280. The van der Waals surface area contributed by atoms with Gasteiger partial charge < -0.3 is 10.1 Å². The molecule has 30 heavy (non-hydrogen) atoms. The molecule has 0 radical (unpaired) electrons. The molecule has 148 valence electrons. The number of hydrogen-bond acceptors (Lipinski definition) is 5. The maximum Gasteiger partial charge on any atom is 0.226 e. The highest BCUT2D eigenvalue weighted by Crippen LogP contribution is 2.51. The lowest BCUT2D eigenvalue weighted by atomic mass is 9.86. The lowest BCUT2D eigenvalue weighted by Crippen LogP contribution is -2.32. The monoisotopic (exact) mass is 432 g/mol. The predicted molar refractivity (Wildman–Crippen MR) is 119 cm³/mol. The number of rotatable bonds is 2. The highest BCUT2D eigenvalue weighted by Gasteiger charge is 2.41. The third-order valence-electron chi connectivity index (χ3n) is 5.57. The van der Waals surface area contributed by atoms with Crippen molar-refractivity contribution in [1.82, 2.24) is 14.8 Å². The van der Waals surface area contributed by atoms with Gasteiger partial charge in [0.05, 0.1) is 5.70 Å². The predicted octanol–water partition coefficient (Wildman–Crippen LogP) is 5.86. The maximum absolute atomic E-state index is 6.56. The molecule has 0 spiro atoms. The lowest BCUT2D eigenvalue weighted by molar-refractivity contribution is 0.226. The highest BCUT2D eigenvalue weighted by molar-refractivity contribution is 7.10. The molecule has 2 aromatic heterocycles. The average Bonchev–Trinajstić information content (AvgIpc) is 3.44. The van der Waals surface area contributed by atoms with Gasteiger partial charge in [-0.3, -0.25) is 0 Å². The number of thiophene rings is 1. The summed E-state index contributed by atoms with van der Waals surface area (Å²) in [7, 11) is 0. The highest BCUT2D eigenvalue weighted by atomic mass is 35.5. The van der Waals surface area contributed by atoms with Crippen LogP contribution in [0.25, 0.3) is 5.70 Å². The summed E-state index contributed by atoms with van der Waals surface area (Å²) in [6.45, 7) is 2.09. The Morgan fingerprint density at radius 3 is 2.80 bits per heavy atom. The fourth-order valence-corrected chi connectivity index (χ4v) is 5.13. The molecule has 5 nitrogen and oxygen atoms in total. The molecule has 2 aliphatic heterocycles. The van der Waals surface area contributed by atoms with Crippen molar-refractivity contribution in [3.05, 3.63) is 98.5 Å². The van der Waals surface area contributed by atoms with Crippen molar-refractivity contribution < 1.29 is 4.74 Å². The van der Waals surface area contributed by atoms with Gasteiger partial charge in [-0.2, -0.15) is 10.1 Å². The zero-order chi connectivity index (χ0) is 20.2. The molecule has 2 atom stereocenters. The van der Waals surface area contributed by atoms with E-state index < -0.39 is 0 Å². The van der Waals surface area contributed by atoms with E-state index in [0.29, 0.717) is 11.0 Å².